The highest BCUT2D eigenvalue weighted by Gasteiger charge is 2.21. The summed E-state index contributed by atoms with van der Waals surface area (Å²) in [5.74, 6) is 2.63. The molecule has 5 unspecified atom stereocenters. The molecule has 0 aromatic heterocycles. The summed E-state index contributed by atoms with van der Waals surface area (Å²) >= 11 is 0. The molecule has 0 aromatic rings. The van der Waals surface area contributed by atoms with E-state index < -0.39 is 31.4 Å². The van der Waals surface area contributed by atoms with E-state index in [1.165, 1.54) is 57.8 Å². The average molecular weight is 445 g/mol. The van der Waals surface area contributed by atoms with Crippen LogP contribution in [0.2, 0.25) is 0 Å². The summed E-state index contributed by atoms with van der Waals surface area (Å²) in [6.07, 6.45) is 11.6. The van der Waals surface area contributed by atoms with Crippen LogP contribution in [-0.2, 0) is 9.53 Å². The zero-order valence-corrected chi connectivity index (χ0v) is 21.0. The molecular formula is C26H52O5. The van der Waals surface area contributed by atoms with Crippen molar-refractivity contribution in [1.29, 1.82) is 0 Å². The van der Waals surface area contributed by atoms with E-state index >= 15 is 0 Å². The summed E-state index contributed by atoms with van der Waals surface area (Å²) in [6, 6.07) is 0. The minimum absolute atomic E-state index is 0.282. The molecule has 0 spiro atoms. The molecule has 0 rings (SSSR count). The number of hydrogen-bond acceptors (Lipinski definition) is 5. The molecule has 0 aliphatic carbocycles. The molecule has 0 heterocycles. The maximum atomic E-state index is 11.8. The highest BCUT2D eigenvalue weighted by molar-refractivity contribution is 5.69. The second-order valence-electron chi connectivity index (χ2n) is 10.4. The molecule has 0 radical (unpaired) electrons. The van der Waals surface area contributed by atoms with E-state index in [-0.39, 0.29) is 6.42 Å². The van der Waals surface area contributed by atoms with Gasteiger partial charge in [-0.15, -0.1) is 0 Å². The van der Waals surface area contributed by atoms with Crippen LogP contribution in [0, 0.1) is 23.7 Å². The van der Waals surface area contributed by atoms with Gasteiger partial charge in [0.25, 0.3) is 0 Å². The molecular weight excluding hydrogens is 392 g/mol. The van der Waals surface area contributed by atoms with Gasteiger partial charge in [0.2, 0.25) is 0 Å². The zero-order chi connectivity index (χ0) is 23.6. The summed E-state index contributed by atoms with van der Waals surface area (Å²) in [5, 5.41) is 27.5. The smallest absolute Gasteiger partial charge is 0.306 e. The lowest BCUT2D eigenvalue weighted by molar-refractivity contribution is -0.160. The van der Waals surface area contributed by atoms with E-state index in [9.17, 15) is 9.90 Å². The van der Waals surface area contributed by atoms with E-state index in [1.807, 2.05) is 0 Å². The molecule has 5 heteroatoms. The predicted octanol–water partition coefficient (Wildman–Crippen LogP) is 5.49. The highest BCUT2D eigenvalue weighted by Crippen LogP contribution is 2.23. The van der Waals surface area contributed by atoms with Crippen LogP contribution in [0.15, 0.2) is 0 Å². The van der Waals surface area contributed by atoms with Gasteiger partial charge in [-0.2, -0.15) is 0 Å². The first kappa shape index (κ1) is 30.4. The number of rotatable bonds is 20. The van der Waals surface area contributed by atoms with Crippen molar-refractivity contribution in [2.45, 2.75) is 124 Å². The van der Waals surface area contributed by atoms with Gasteiger partial charge in [-0.3, -0.25) is 4.79 Å². The van der Waals surface area contributed by atoms with Gasteiger partial charge in [-0.25, -0.2) is 0 Å². The molecule has 3 N–H and O–H groups in total. The third-order valence-corrected chi connectivity index (χ3v) is 6.42. The van der Waals surface area contributed by atoms with Gasteiger partial charge in [0.1, 0.15) is 6.10 Å². The zero-order valence-electron chi connectivity index (χ0n) is 21.0. The van der Waals surface area contributed by atoms with Crippen molar-refractivity contribution in [3.05, 3.63) is 0 Å². The van der Waals surface area contributed by atoms with Gasteiger partial charge in [0.15, 0.2) is 6.10 Å². The monoisotopic (exact) mass is 444 g/mol. The highest BCUT2D eigenvalue weighted by atomic mass is 16.6. The summed E-state index contributed by atoms with van der Waals surface area (Å²) in [7, 11) is 0. The Balaban J connectivity index is 3.75. The van der Waals surface area contributed by atoms with E-state index in [4.69, 9.17) is 14.9 Å². The third-order valence-electron chi connectivity index (χ3n) is 6.42. The van der Waals surface area contributed by atoms with Crippen LogP contribution < -0.4 is 0 Å². The van der Waals surface area contributed by atoms with Crippen molar-refractivity contribution >= 4 is 5.97 Å². The van der Waals surface area contributed by atoms with Crippen LogP contribution in [0.3, 0.4) is 0 Å². The average Bonchev–Trinajstić information content (AvgIpc) is 2.71. The Hall–Kier alpha value is -0.650. The fourth-order valence-corrected chi connectivity index (χ4v) is 4.11. The van der Waals surface area contributed by atoms with Crippen LogP contribution in [0.1, 0.15) is 112 Å². The van der Waals surface area contributed by atoms with Crippen molar-refractivity contribution in [3.63, 3.8) is 0 Å². The summed E-state index contributed by atoms with van der Waals surface area (Å²) < 4.78 is 5.03. The molecule has 0 aliphatic heterocycles. The minimum Gasteiger partial charge on any atom is -0.457 e. The standard InChI is InChI=1S/C26H52O5/c1-20(2)10-6-11-21(3)12-7-13-22(4)14-8-15-23(5)16-9-17-26(30)31-25(19-28)24(29)18-27/h20-25,27-29H,6-19H2,1-5H3. The lowest BCUT2D eigenvalue weighted by Gasteiger charge is -2.19. The fraction of sp³-hybridized carbons (Fsp3) is 0.962. The number of esters is 1. The van der Waals surface area contributed by atoms with Crippen LogP contribution in [0.5, 0.6) is 0 Å². The SMILES string of the molecule is CC(C)CCCC(C)CCCC(C)CCCC(C)CCCC(=O)OC(CO)C(O)CO. The maximum absolute atomic E-state index is 11.8. The Morgan fingerprint density at radius 2 is 1.10 bits per heavy atom. The molecule has 5 nitrogen and oxygen atoms in total. The van der Waals surface area contributed by atoms with E-state index in [0.717, 1.165) is 30.6 Å². The third kappa shape index (κ3) is 17.6. The first-order valence-electron chi connectivity index (χ1n) is 12.8. The van der Waals surface area contributed by atoms with Crippen LogP contribution >= 0.6 is 0 Å². The van der Waals surface area contributed by atoms with Crippen molar-refractivity contribution in [3.8, 4) is 0 Å². The lowest BCUT2D eigenvalue weighted by atomic mass is 9.90. The number of hydrogen-bond donors (Lipinski definition) is 3. The molecule has 0 aliphatic rings. The summed E-state index contributed by atoms with van der Waals surface area (Å²) in [4.78, 5) is 11.8. The second-order valence-corrected chi connectivity index (χ2v) is 10.4. The first-order chi connectivity index (χ1) is 14.7. The Morgan fingerprint density at radius 3 is 1.48 bits per heavy atom. The lowest BCUT2D eigenvalue weighted by Crippen LogP contribution is -2.36. The molecule has 0 bridgehead atoms. The van der Waals surface area contributed by atoms with Gasteiger partial charge >= 0.3 is 5.97 Å². The Kier molecular flexibility index (Phi) is 18.5. The van der Waals surface area contributed by atoms with Gasteiger partial charge < -0.3 is 20.1 Å². The van der Waals surface area contributed by atoms with Crippen molar-refractivity contribution < 1.29 is 24.9 Å². The molecule has 0 aromatic carbocycles. The second kappa shape index (κ2) is 18.9. The van der Waals surface area contributed by atoms with Crippen LogP contribution in [-0.4, -0.2) is 46.7 Å². The molecule has 0 saturated heterocycles. The van der Waals surface area contributed by atoms with Gasteiger partial charge in [-0.1, -0.05) is 98.8 Å². The summed E-state index contributed by atoms with van der Waals surface area (Å²) in [6.45, 7) is 10.6. The van der Waals surface area contributed by atoms with Crippen LogP contribution in [0.4, 0.5) is 0 Å². The number of carbonyl (C=O) groups excluding carboxylic acids is 1. The molecule has 0 fully saturated rings. The number of aliphatic hydroxyl groups is 3. The Bertz CT molecular complexity index is 426. The quantitative estimate of drug-likeness (QED) is 0.216. The Morgan fingerprint density at radius 1 is 0.677 bits per heavy atom. The van der Waals surface area contributed by atoms with E-state index in [2.05, 4.69) is 34.6 Å². The first-order valence-corrected chi connectivity index (χ1v) is 12.8. The topological polar surface area (TPSA) is 87.0 Å². The number of aliphatic hydroxyl groups excluding tert-OH is 3. The normalized spacial score (nSPS) is 16.7. The molecule has 5 atom stereocenters. The van der Waals surface area contributed by atoms with E-state index in [0.29, 0.717) is 5.92 Å². The van der Waals surface area contributed by atoms with Gasteiger partial charge in [0, 0.05) is 6.42 Å². The largest absolute Gasteiger partial charge is 0.457 e. The molecule has 0 amide bonds. The number of ether oxygens (including phenoxy) is 1. The predicted molar refractivity (Wildman–Crippen MR) is 128 cm³/mol. The van der Waals surface area contributed by atoms with Crippen LogP contribution in [0.25, 0.3) is 0 Å². The number of carbonyl (C=O) groups is 1. The van der Waals surface area contributed by atoms with Crippen molar-refractivity contribution in [2.24, 2.45) is 23.7 Å². The van der Waals surface area contributed by atoms with Gasteiger partial charge in [-0.05, 0) is 30.1 Å². The van der Waals surface area contributed by atoms with E-state index in [1.54, 1.807) is 0 Å². The molecule has 31 heavy (non-hydrogen) atoms. The molecule has 186 valence electrons. The minimum atomic E-state index is -1.23. The van der Waals surface area contributed by atoms with Gasteiger partial charge in [0.05, 0.1) is 13.2 Å². The van der Waals surface area contributed by atoms with Crippen molar-refractivity contribution in [1.82, 2.24) is 0 Å². The summed E-state index contributed by atoms with van der Waals surface area (Å²) in [5.41, 5.74) is 0. The fourth-order valence-electron chi connectivity index (χ4n) is 4.11. The molecule has 0 saturated carbocycles. The van der Waals surface area contributed by atoms with Crippen molar-refractivity contribution in [2.75, 3.05) is 13.2 Å². The maximum Gasteiger partial charge on any atom is 0.306 e. The Labute approximate surface area is 192 Å².